The van der Waals surface area contributed by atoms with Crippen molar-refractivity contribution in [1.29, 1.82) is 0 Å². The van der Waals surface area contributed by atoms with E-state index < -0.39 is 5.60 Å². The molecule has 4 aromatic carbocycles. The molecule has 0 fully saturated rings. The van der Waals surface area contributed by atoms with Crippen molar-refractivity contribution in [3.8, 4) is 22.7 Å². The lowest BCUT2D eigenvalue weighted by atomic mass is 9.76. The molecule has 5 aromatic rings. The largest absolute Gasteiger partial charge is 0.472 e. The first-order valence-corrected chi connectivity index (χ1v) is 12.9. The number of hydrogen-bond acceptors (Lipinski definition) is 4. The van der Waals surface area contributed by atoms with E-state index in [1.165, 1.54) is 0 Å². The summed E-state index contributed by atoms with van der Waals surface area (Å²) >= 11 is 0. The van der Waals surface area contributed by atoms with Crippen LogP contribution in [-0.4, -0.2) is 38.0 Å². The maximum atomic E-state index is 7.17. The van der Waals surface area contributed by atoms with Gasteiger partial charge in [0.1, 0.15) is 5.75 Å². The van der Waals surface area contributed by atoms with E-state index >= 15 is 0 Å². The number of nitrogens with zero attached hydrogens (tertiary/aromatic N) is 4. The predicted molar refractivity (Wildman–Crippen MR) is 156 cm³/mol. The minimum Gasteiger partial charge on any atom is -0.472 e. The second-order valence-corrected chi connectivity index (χ2v) is 10.2. The SMILES string of the molecule is Cc1nn(-c2ccccc2)c2c1C(c1ccc(N(C)C)cc1)(c1ccc(N(C)C)cc1)Oc1ccccc1-2. The summed E-state index contributed by atoms with van der Waals surface area (Å²) in [5.74, 6) is 0.838. The summed E-state index contributed by atoms with van der Waals surface area (Å²) in [6.07, 6.45) is 0. The standard InChI is InChI=1S/C33H32N4O/c1-23-31-32(37(34-23)28-11-7-6-8-12-28)29-13-9-10-14-30(29)38-33(31,24-15-19-26(20-16-24)35(2)3)25-17-21-27(22-18-25)36(4)5/h6-22H,1-5H3. The number of ether oxygens (including phenoxy) is 1. The Morgan fingerprint density at radius 1 is 0.658 bits per heavy atom. The minimum absolute atomic E-state index is 0.838. The first-order chi connectivity index (χ1) is 18.4. The molecule has 0 radical (unpaired) electrons. The zero-order valence-electron chi connectivity index (χ0n) is 22.5. The van der Waals surface area contributed by atoms with Gasteiger partial charge in [0.25, 0.3) is 0 Å². The lowest BCUT2D eigenvalue weighted by Crippen LogP contribution is -2.39. The molecule has 1 aliphatic rings. The average Bonchev–Trinajstić information content (AvgIpc) is 3.31. The number of hydrogen-bond donors (Lipinski definition) is 0. The molecule has 0 atom stereocenters. The maximum absolute atomic E-state index is 7.17. The number of aryl methyl sites for hydroxylation is 1. The third-order valence-corrected chi connectivity index (χ3v) is 7.40. The molecular weight excluding hydrogens is 468 g/mol. The van der Waals surface area contributed by atoms with E-state index in [2.05, 4.69) is 141 Å². The van der Waals surface area contributed by atoms with Crippen molar-refractivity contribution in [3.63, 3.8) is 0 Å². The molecule has 0 spiro atoms. The van der Waals surface area contributed by atoms with Crippen LogP contribution in [0.3, 0.4) is 0 Å². The van der Waals surface area contributed by atoms with Gasteiger partial charge in [0.05, 0.1) is 22.6 Å². The molecule has 1 aliphatic heterocycles. The molecule has 0 N–H and O–H groups in total. The number of para-hydroxylation sites is 2. The monoisotopic (exact) mass is 500 g/mol. The fraction of sp³-hybridized carbons (Fsp3) is 0.182. The Bertz CT molecular complexity index is 1530. The lowest BCUT2D eigenvalue weighted by molar-refractivity contribution is 0.151. The van der Waals surface area contributed by atoms with Crippen LogP contribution < -0.4 is 14.5 Å². The van der Waals surface area contributed by atoms with Gasteiger partial charge in [-0.3, -0.25) is 0 Å². The van der Waals surface area contributed by atoms with Gasteiger partial charge < -0.3 is 14.5 Å². The van der Waals surface area contributed by atoms with Gasteiger partial charge in [-0.05, 0) is 55.5 Å². The Balaban J connectivity index is 1.70. The molecule has 1 aromatic heterocycles. The van der Waals surface area contributed by atoms with Crippen LogP contribution in [0, 0.1) is 6.92 Å². The number of anilines is 2. The molecule has 5 nitrogen and oxygen atoms in total. The highest BCUT2D eigenvalue weighted by Gasteiger charge is 2.48. The first-order valence-electron chi connectivity index (χ1n) is 12.9. The van der Waals surface area contributed by atoms with E-state index in [0.29, 0.717) is 0 Å². The number of benzene rings is 4. The quantitative estimate of drug-likeness (QED) is 0.270. The predicted octanol–water partition coefficient (Wildman–Crippen LogP) is 6.66. The van der Waals surface area contributed by atoms with Gasteiger partial charge in [-0.15, -0.1) is 0 Å². The molecule has 0 unspecified atom stereocenters. The van der Waals surface area contributed by atoms with Crippen molar-refractivity contribution in [3.05, 3.63) is 126 Å². The summed E-state index contributed by atoms with van der Waals surface area (Å²) in [6.45, 7) is 2.09. The maximum Gasteiger partial charge on any atom is 0.188 e. The Morgan fingerprint density at radius 2 is 1.18 bits per heavy atom. The number of aromatic nitrogens is 2. The highest BCUT2D eigenvalue weighted by Crippen LogP contribution is 2.53. The van der Waals surface area contributed by atoms with E-state index in [-0.39, 0.29) is 0 Å². The van der Waals surface area contributed by atoms with Crippen molar-refractivity contribution in [2.75, 3.05) is 38.0 Å². The first kappa shape index (κ1) is 23.9. The van der Waals surface area contributed by atoms with Crippen LogP contribution in [-0.2, 0) is 5.60 Å². The van der Waals surface area contributed by atoms with Gasteiger partial charge >= 0.3 is 0 Å². The molecule has 0 aliphatic carbocycles. The molecule has 190 valence electrons. The van der Waals surface area contributed by atoms with Gasteiger partial charge in [0.15, 0.2) is 5.60 Å². The van der Waals surface area contributed by atoms with Crippen LogP contribution in [0.5, 0.6) is 5.75 Å². The fourth-order valence-electron chi connectivity index (χ4n) is 5.48. The second kappa shape index (κ2) is 9.10. The van der Waals surface area contributed by atoms with Crippen LogP contribution in [0.25, 0.3) is 16.9 Å². The molecule has 6 rings (SSSR count). The molecular formula is C33H32N4O. The van der Waals surface area contributed by atoms with Crippen LogP contribution in [0.15, 0.2) is 103 Å². The third-order valence-electron chi connectivity index (χ3n) is 7.40. The fourth-order valence-corrected chi connectivity index (χ4v) is 5.48. The van der Waals surface area contributed by atoms with Crippen LogP contribution in [0.2, 0.25) is 0 Å². The van der Waals surface area contributed by atoms with E-state index in [1.54, 1.807) is 0 Å². The zero-order valence-corrected chi connectivity index (χ0v) is 22.5. The van der Waals surface area contributed by atoms with Crippen molar-refractivity contribution in [1.82, 2.24) is 9.78 Å². The summed E-state index contributed by atoms with van der Waals surface area (Å²) in [6, 6.07) is 36.0. The van der Waals surface area contributed by atoms with Crippen LogP contribution in [0.1, 0.15) is 22.4 Å². The zero-order chi connectivity index (χ0) is 26.4. The summed E-state index contributed by atoms with van der Waals surface area (Å²) < 4.78 is 9.24. The van der Waals surface area contributed by atoms with Gasteiger partial charge in [0.2, 0.25) is 0 Å². The lowest BCUT2D eigenvalue weighted by Gasteiger charge is -2.40. The summed E-state index contributed by atoms with van der Waals surface area (Å²) in [5, 5.41) is 5.12. The van der Waals surface area contributed by atoms with Gasteiger partial charge in [-0.25, -0.2) is 4.68 Å². The van der Waals surface area contributed by atoms with E-state index in [9.17, 15) is 0 Å². The number of rotatable bonds is 5. The summed E-state index contributed by atoms with van der Waals surface area (Å²) in [4.78, 5) is 4.23. The van der Waals surface area contributed by atoms with Crippen LogP contribution >= 0.6 is 0 Å². The van der Waals surface area contributed by atoms with Crippen LogP contribution in [0.4, 0.5) is 11.4 Å². The molecule has 0 saturated heterocycles. The molecule has 0 saturated carbocycles. The van der Waals surface area contributed by atoms with Crippen molar-refractivity contribution >= 4 is 11.4 Å². The Labute approximate surface area is 224 Å². The highest BCUT2D eigenvalue weighted by atomic mass is 16.5. The van der Waals surface area contributed by atoms with Crippen molar-refractivity contribution < 1.29 is 4.74 Å². The van der Waals surface area contributed by atoms with Crippen molar-refractivity contribution in [2.24, 2.45) is 0 Å². The van der Waals surface area contributed by atoms with Gasteiger partial charge in [-0.2, -0.15) is 5.10 Å². The second-order valence-electron chi connectivity index (χ2n) is 10.2. The van der Waals surface area contributed by atoms with E-state index in [1.807, 2.05) is 12.1 Å². The molecule has 38 heavy (non-hydrogen) atoms. The summed E-state index contributed by atoms with van der Waals surface area (Å²) in [7, 11) is 8.24. The summed E-state index contributed by atoms with van der Waals surface area (Å²) in [5.41, 5.74) is 8.65. The minimum atomic E-state index is -0.878. The van der Waals surface area contributed by atoms with E-state index in [0.717, 1.165) is 56.5 Å². The molecule has 0 amide bonds. The topological polar surface area (TPSA) is 33.5 Å². The number of fused-ring (bicyclic) bond motifs is 3. The Kier molecular flexibility index (Phi) is 5.72. The average molecular weight is 501 g/mol. The Hall–Kier alpha value is -4.51. The molecule has 2 heterocycles. The smallest absolute Gasteiger partial charge is 0.188 e. The molecule has 0 bridgehead atoms. The molecule has 5 heteroatoms. The highest BCUT2D eigenvalue weighted by molar-refractivity contribution is 5.79. The Morgan fingerprint density at radius 3 is 1.74 bits per heavy atom. The van der Waals surface area contributed by atoms with Crippen molar-refractivity contribution in [2.45, 2.75) is 12.5 Å². The van der Waals surface area contributed by atoms with E-state index in [4.69, 9.17) is 9.84 Å². The third kappa shape index (κ3) is 3.66. The van der Waals surface area contributed by atoms with Gasteiger partial charge in [0, 0.05) is 56.3 Å². The normalized spacial score (nSPS) is 13.3. The van der Waals surface area contributed by atoms with Gasteiger partial charge in [-0.1, -0.05) is 54.6 Å².